The number of nitrogens with zero attached hydrogens (tertiary/aromatic N) is 5. The Labute approximate surface area is 157 Å². The predicted octanol–water partition coefficient (Wildman–Crippen LogP) is 4.07. The first kappa shape index (κ1) is 16.0. The van der Waals surface area contributed by atoms with Crippen molar-refractivity contribution < 1.29 is 0 Å². The molecule has 1 aliphatic heterocycles. The van der Waals surface area contributed by atoms with Gasteiger partial charge in [-0.25, -0.2) is 15.0 Å². The van der Waals surface area contributed by atoms with Gasteiger partial charge in [-0.05, 0) is 49.3 Å². The average Bonchev–Trinajstić information content (AvgIpc) is 3.44. The number of hydrogen-bond acceptors (Lipinski definition) is 6. The van der Waals surface area contributed by atoms with Crippen LogP contribution in [0.3, 0.4) is 0 Å². The van der Waals surface area contributed by atoms with Crippen molar-refractivity contribution in [3.05, 3.63) is 41.8 Å². The molecule has 0 radical (unpaired) electrons. The summed E-state index contributed by atoms with van der Waals surface area (Å²) >= 11 is 1.79. The fourth-order valence-electron chi connectivity index (χ4n) is 3.88. The van der Waals surface area contributed by atoms with Crippen molar-refractivity contribution in [2.45, 2.75) is 37.6 Å². The zero-order chi connectivity index (χ0) is 17.5. The molecule has 4 heterocycles. The second kappa shape index (κ2) is 6.50. The van der Waals surface area contributed by atoms with Crippen LogP contribution in [-0.4, -0.2) is 41.1 Å². The van der Waals surface area contributed by atoms with E-state index in [1.807, 2.05) is 18.5 Å². The molecule has 0 aromatic carbocycles. The number of rotatable bonds is 4. The minimum absolute atomic E-state index is 0.523. The van der Waals surface area contributed by atoms with E-state index in [1.165, 1.54) is 22.9 Å². The van der Waals surface area contributed by atoms with E-state index < -0.39 is 0 Å². The Morgan fingerprint density at radius 1 is 1.04 bits per heavy atom. The molecule has 3 aromatic rings. The van der Waals surface area contributed by atoms with Crippen molar-refractivity contribution in [3.8, 4) is 0 Å². The van der Waals surface area contributed by atoms with Crippen LogP contribution in [0.15, 0.2) is 36.0 Å². The first-order valence-electron chi connectivity index (χ1n) is 9.42. The third-order valence-corrected chi connectivity index (χ3v) is 6.52. The lowest BCUT2D eigenvalue weighted by atomic mass is 10.0. The molecule has 0 spiro atoms. The Hall–Kier alpha value is -2.21. The van der Waals surface area contributed by atoms with Crippen LogP contribution in [0, 0.1) is 0 Å². The molecule has 0 bridgehead atoms. The fourth-order valence-corrected chi connectivity index (χ4v) is 4.66. The number of aromatic nitrogens is 3. The van der Waals surface area contributed by atoms with Crippen molar-refractivity contribution in [3.63, 3.8) is 0 Å². The minimum atomic E-state index is 0.523. The molecule has 134 valence electrons. The summed E-state index contributed by atoms with van der Waals surface area (Å²) in [6, 6.07) is 6.87. The maximum absolute atomic E-state index is 4.81. The average molecular weight is 366 g/mol. The summed E-state index contributed by atoms with van der Waals surface area (Å²) in [6.07, 6.45) is 8.60. The number of fused-ring (bicyclic) bond motifs is 1. The molecule has 26 heavy (non-hydrogen) atoms. The highest BCUT2D eigenvalue weighted by atomic mass is 32.1. The van der Waals surface area contributed by atoms with E-state index in [9.17, 15) is 0 Å². The Morgan fingerprint density at radius 3 is 2.65 bits per heavy atom. The molecule has 0 atom stereocenters. The molecule has 2 fully saturated rings. The Balaban J connectivity index is 1.29. The van der Waals surface area contributed by atoms with Gasteiger partial charge in [-0.3, -0.25) is 0 Å². The standard InChI is InChI=1S/C20H23N5S/c1-24(18-5-10-21-19(23-18)14-2-3-14)15-6-11-25(12-7-15)20-16-8-13-26-17(16)4-9-22-20/h4-5,8-10,13-15H,2-3,6-7,11-12H2,1H3. The van der Waals surface area contributed by atoms with Gasteiger partial charge in [-0.1, -0.05) is 0 Å². The van der Waals surface area contributed by atoms with Crippen molar-refractivity contribution in [2.75, 3.05) is 29.9 Å². The highest BCUT2D eigenvalue weighted by Crippen LogP contribution is 2.38. The van der Waals surface area contributed by atoms with E-state index in [4.69, 9.17) is 4.98 Å². The summed E-state index contributed by atoms with van der Waals surface area (Å²) in [7, 11) is 2.18. The van der Waals surface area contributed by atoms with Crippen LogP contribution < -0.4 is 9.80 Å². The Bertz CT molecular complexity index is 911. The summed E-state index contributed by atoms with van der Waals surface area (Å²) in [6.45, 7) is 2.08. The lowest BCUT2D eigenvalue weighted by molar-refractivity contribution is 0.478. The normalized spacial score (nSPS) is 18.4. The van der Waals surface area contributed by atoms with Crippen LogP contribution in [0.5, 0.6) is 0 Å². The summed E-state index contributed by atoms with van der Waals surface area (Å²) in [5, 5.41) is 3.44. The van der Waals surface area contributed by atoms with Crippen LogP contribution in [0.1, 0.15) is 37.4 Å². The smallest absolute Gasteiger partial charge is 0.137 e. The first-order chi connectivity index (χ1) is 12.8. The number of thiophene rings is 1. The van der Waals surface area contributed by atoms with E-state index in [0.717, 1.165) is 43.4 Å². The lowest BCUT2D eigenvalue weighted by Crippen LogP contribution is -2.44. The van der Waals surface area contributed by atoms with Gasteiger partial charge < -0.3 is 9.80 Å². The number of hydrogen-bond donors (Lipinski definition) is 0. The van der Waals surface area contributed by atoms with Crippen LogP contribution in [0.4, 0.5) is 11.6 Å². The van der Waals surface area contributed by atoms with Crippen LogP contribution in [-0.2, 0) is 0 Å². The second-order valence-corrected chi connectivity index (χ2v) is 8.29. The van der Waals surface area contributed by atoms with Crippen molar-refractivity contribution in [1.82, 2.24) is 15.0 Å². The molecule has 6 heteroatoms. The quantitative estimate of drug-likeness (QED) is 0.697. The van der Waals surface area contributed by atoms with Crippen molar-refractivity contribution in [1.29, 1.82) is 0 Å². The van der Waals surface area contributed by atoms with Crippen molar-refractivity contribution in [2.24, 2.45) is 0 Å². The zero-order valence-corrected chi connectivity index (χ0v) is 15.8. The topological polar surface area (TPSA) is 45.2 Å². The predicted molar refractivity (Wildman–Crippen MR) is 107 cm³/mol. The van der Waals surface area contributed by atoms with Gasteiger partial charge in [0.2, 0.25) is 0 Å². The molecule has 3 aromatic heterocycles. The summed E-state index contributed by atoms with van der Waals surface area (Å²) in [5.74, 6) is 3.84. The lowest BCUT2D eigenvalue weighted by Gasteiger charge is -2.38. The third kappa shape index (κ3) is 2.92. The Kier molecular flexibility index (Phi) is 4.00. The van der Waals surface area contributed by atoms with Gasteiger partial charge in [0.1, 0.15) is 17.5 Å². The largest absolute Gasteiger partial charge is 0.356 e. The second-order valence-electron chi connectivity index (χ2n) is 7.34. The molecule has 1 saturated carbocycles. The maximum atomic E-state index is 4.81. The SMILES string of the molecule is CN(c1ccnc(C2CC2)n1)C1CCN(c2nccc3sccc23)CC1. The van der Waals surface area contributed by atoms with Gasteiger partial charge in [0.15, 0.2) is 0 Å². The van der Waals surface area contributed by atoms with Gasteiger partial charge in [0, 0.05) is 54.6 Å². The van der Waals surface area contributed by atoms with Crippen molar-refractivity contribution >= 4 is 33.1 Å². The molecule has 1 saturated heterocycles. The van der Waals surface area contributed by atoms with Gasteiger partial charge >= 0.3 is 0 Å². The summed E-state index contributed by atoms with van der Waals surface area (Å²) < 4.78 is 1.32. The molecule has 2 aliphatic rings. The number of piperidine rings is 1. The van der Waals surface area contributed by atoms with Crippen LogP contribution in [0.2, 0.25) is 0 Å². The summed E-state index contributed by atoms with van der Waals surface area (Å²) in [4.78, 5) is 18.7. The van der Waals surface area contributed by atoms with Gasteiger partial charge in [-0.15, -0.1) is 11.3 Å². The summed E-state index contributed by atoms with van der Waals surface area (Å²) in [5.41, 5.74) is 0. The van der Waals surface area contributed by atoms with E-state index in [1.54, 1.807) is 11.3 Å². The van der Waals surface area contributed by atoms with Gasteiger partial charge in [0.05, 0.1) is 0 Å². The van der Waals surface area contributed by atoms with E-state index in [2.05, 4.69) is 44.3 Å². The van der Waals surface area contributed by atoms with Gasteiger partial charge in [0.25, 0.3) is 0 Å². The maximum Gasteiger partial charge on any atom is 0.137 e. The minimum Gasteiger partial charge on any atom is -0.356 e. The number of anilines is 2. The van der Waals surface area contributed by atoms with Crippen LogP contribution in [0.25, 0.3) is 10.1 Å². The molecule has 0 amide bonds. The fraction of sp³-hybridized carbons (Fsp3) is 0.450. The molecule has 1 aliphatic carbocycles. The monoisotopic (exact) mass is 365 g/mol. The molecular formula is C20H23N5S. The molecular weight excluding hydrogens is 342 g/mol. The van der Waals surface area contributed by atoms with E-state index in [-0.39, 0.29) is 0 Å². The Morgan fingerprint density at radius 2 is 1.85 bits per heavy atom. The zero-order valence-electron chi connectivity index (χ0n) is 15.0. The molecule has 0 N–H and O–H groups in total. The first-order valence-corrected chi connectivity index (χ1v) is 10.3. The molecule has 5 nitrogen and oxygen atoms in total. The highest BCUT2D eigenvalue weighted by Gasteiger charge is 2.28. The molecule has 5 rings (SSSR count). The van der Waals surface area contributed by atoms with E-state index in [0.29, 0.717) is 12.0 Å². The van der Waals surface area contributed by atoms with E-state index >= 15 is 0 Å². The molecule has 0 unspecified atom stereocenters. The van der Waals surface area contributed by atoms with Gasteiger partial charge in [-0.2, -0.15) is 0 Å². The van der Waals surface area contributed by atoms with Crippen LogP contribution >= 0.6 is 11.3 Å². The third-order valence-electron chi connectivity index (χ3n) is 5.63. The highest BCUT2D eigenvalue weighted by molar-refractivity contribution is 7.17. The number of pyridine rings is 1.